The third kappa shape index (κ3) is 12.3. The second-order valence-electron chi connectivity index (χ2n) is 7.52. The van der Waals surface area contributed by atoms with Crippen molar-refractivity contribution in [1.29, 1.82) is 0 Å². The van der Waals surface area contributed by atoms with Gasteiger partial charge in [0.05, 0.1) is 0 Å². The molecule has 0 aromatic carbocycles. The fourth-order valence-electron chi connectivity index (χ4n) is 2.50. The van der Waals surface area contributed by atoms with Gasteiger partial charge in [0.2, 0.25) is 0 Å². The summed E-state index contributed by atoms with van der Waals surface area (Å²) in [4.78, 5) is 0. The minimum Gasteiger partial charge on any atom is -0.0999 e. The first kappa shape index (κ1) is 18.5. The zero-order valence-corrected chi connectivity index (χ0v) is 14.1. The van der Waals surface area contributed by atoms with E-state index < -0.39 is 0 Å². The Morgan fingerprint density at radius 1 is 0.947 bits per heavy atom. The van der Waals surface area contributed by atoms with E-state index in [0.717, 1.165) is 12.3 Å². The van der Waals surface area contributed by atoms with Gasteiger partial charge >= 0.3 is 0 Å². The van der Waals surface area contributed by atoms with Crippen molar-refractivity contribution in [2.24, 2.45) is 11.3 Å². The molecule has 0 saturated carbocycles. The van der Waals surface area contributed by atoms with Crippen LogP contribution in [0.25, 0.3) is 0 Å². The molecule has 0 bridgehead atoms. The molecule has 1 atom stereocenters. The van der Waals surface area contributed by atoms with Crippen molar-refractivity contribution in [3.05, 3.63) is 24.3 Å². The van der Waals surface area contributed by atoms with Gasteiger partial charge in [0.15, 0.2) is 0 Å². The molecule has 19 heavy (non-hydrogen) atoms. The molecule has 0 aliphatic rings. The summed E-state index contributed by atoms with van der Waals surface area (Å²) in [5.41, 5.74) is 3.26. The van der Waals surface area contributed by atoms with Crippen LogP contribution >= 0.6 is 0 Å². The minimum absolute atomic E-state index is 0.391. The summed E-state index contributed by atoms with van der Waals surface area (Å²) in [6.45, 7) is 19.9. The maximum absolute atomic E-state index is 4.21. The Morgan fingerprint density at radius 2 is 1.47 bits per heavy atom. The molecule has 0 rings (SSSR count). The molecule has 0 nitrogen and oxygen atoms in total. The Balaban J connectivity index is 3.55. The highest BCUT2D eigenvalue weighted by Crippen LogP contribution is 2.26. The van der Waals surface area contributed by atoms with Crippen LogP contribution in [0.15, 0.2) is 24.3 Å². The first-order valence-electron chi connectivity index (χ1n) is 8.08. The summed E-state index contributed by atoms with van der Waals surface area (Å²) in [6.07, 6.45) is 9.99. The van der Waals surface area contributed by atoms with Crippen LogP contribution < -0.4 is 0 Å². The van der Waals surface area contributed by atoms with E-state index in [2.05, 4.69) is 47.8 Å². The molecule has 0 aromatic heterocycles. The average molecular weight is 264 g/mol. The summed E-state index contributed by atoms with van der Waals surface area (Å²) in [6, 6.07) is 0. The topological polar surface area (TPSA) is 0 Å². The second-order valence-corrected chi connectivity index (χ2v) is 7.52. The van der Waals surface area contributed by atoms with Crippen LogP contribution in [0.3, 0.4) is 0 Å². The van der Waals surface area contributed by atoms with Crippen molar-refractivity contribution in [1.82, 2.24) is 0 Å². The highest BCUT2D eigenvalue weighted by molar-refractivity contribution is 4.98. The van der Waals surface area contributed by atoms with Gasteiger partial charge in [-0.15, -0.1) is 0 Å². The molecule has 0 heteroatoms. The predicted octanol–water partition coefficient (Wildman–Crippen LogP) is 6.92. The van der Waals surface area contributed by atoms with Crippen LogP contribution in [-0.2, 0) is 0 Å². The summed E-state index contributed by atoms with van der Waals surface area (Å²) in [7, 11) is 0. The Labute approximate surface area is 122 Å². The van der Waals surface area contributed by atoms with Gasteiger partial charge in [0, 0.05) is 0 Å². The van der Waals surface area contributed by atoms with Crippen LogP contribution in [0, 0.1) is 11.3 Å². The van der Waals surface area contributed by atoms with Crippen LogP contribution in [0.1, 0.15) is 86.0 Å². The molecule has 0 fully saturated rings. The third-order valence-corrected chi connectivity index (χ3v) is 3.68. The Morgan fingerprint density at radius 3 is 1.95 bits per heavy atom. The lowest BCUT2D eigenvalue weighted by Gasteiger charge is -2.19. The molecular weight excluding hydrogens is 228 g/mol. The van der Waals surface area contributed by atoms with Crippen molar-refractivity contribution in [2.75, 3.05) is 0 Å². The predicted molar refractivity (Wildman–Crippen MR) is 89.5 cm³/mol. The summed E-state index contributed by atoms with van der Waals surface area (Å²) >= 11 is 0. The summed E-state index contributed by atoms with van der Waals surface area (Å²) in [5, 5.41) is 0. The van der Waals surface area contributed by atoms with Crippen molar-refractivity contribution in [3.8, 4) is 0 Å². The normalized spacial score (nSPS) is 13.3. The first-order valence-corrected chi connectivity index (χ1v) is 8.08. The lowest BCUT2D eigenvalue weighted by molar-refractivity contribution is 0.403. The molecule has 0 N–H and O–H groups in total. The number of hydrogen-bond donors (Lipinski definition) is 0. The molecule has 112 valence electrons. The highest BCUT2D eigenvalue weighted by atomic mass is 14.2. The van der Waals surface area contributed by atoms with Crippen LogP contribution in [-0.4, -0.2) is 0 Å². The maximum Gasteiger partial charge on any atom is -0.0274 e. The molecule has 0 radical (unpaired) electrons. The van der Waals surface area contributed by atoms with Gasteiger partial charge in [-0.05, 0) is 49.9 Å². The molecule has 0 heterocycles. The largest absolute Gasteiger partial charge is 0.0999 e. The van der Waals surface area contributed by atoms with Crippen LogP contribution in [0.2, 0.25) is 0 Å². The van der Waals surface area contributed by atoms with E-state index in [0.29, 0.717) is 5.41 Å². The van der Waals surface area contributed by atoms with Crippen LogP contribution in [0.5, 0.6) is 0 Å². The minimum atomic E-state index is 0.391. The fourth-order valence-corrected chi connectivity index (χ4v) is 2.50. The van der Waals surface area contributed by atoms with E-state index in [4.69, 9.17) is 0 Å². The second kappa shape index (κ2) is 9.39. The quantitative estimate of drug-likeness (QED) is 0.297. The number of rotatable bonds is 10. The SMILES string of the molecule is C=C(CCCCCC(=C)CC(C)(C)C)CC(C)CC. The smallest absolute Gasteiger partial charge is 0.0274 e. The molecule has 0 aliphatic carbocycles. The fraction of sp³-hybridized carbons (Fsp3) is 0.789. The number of allylic oxidation sites excluding steroid dienone is 2. The average Bonchev–Trinajstić information content (AvgIpc) is 2.25. The highest BCUT2D eigenvalue weighted by Gasteiger charge is 2.11. The molecule has 0 aliphatic heterocycles. The van der Waals surface area contributed by atoms with Gasteiger partial charge in [-0.2, -0.15) is 0 Å². The molecule has 1 unspecified atom stereocenters. The Hall–Kier alpha value is -0.520. The van der Waals surface area contributed by atoms with E-state index in [1.807, 2.05) is 0 Å². The molecule has 0 aromatic rings. The van der Waals surface area contributed by atoms with E-state index in [-0.39, 0.29) is 0 Å². The van der Waals surface area contributed by atoms with Crippen molar-refractivity contribution in [2.45, 2.75) is 86.0 Å². The maximum atomic E-state index is 4.21. The zero-order chi connectivity index (χ0) is 14.9. The number of hydrogen-bond acceptors (Lipinski definition) is 0. The Bertz CT molecular complexity index is 264. The van der Waals surface area contributed by atoms with Crippen molar-refractivity contribution < 1.29 is 0 Å². The van der Waals surface area contributed by atoms with E-state index >= 15 is 0 Å². The van der Waals surface area contributed by atoms with Gasteiger partial charge < -0.3 is 0 Å². The Kier molecular flexibility index (Phi) is 9.14. The molecule has 0 spiro atoms. The summed E-state index contributed by atoms with van der Waals surface area (Å²) in [5.74, 6) is 0.805. The van der Waals surface area contributed by atoms with Gasteiger partial charge in [0.1, 0.15) is 0 Å². The van der Waals surface area contributed by atoms with Crippen molar-refractivity contribution >= 4 is 0 Å². The standard InChI is InChI=1S/C19H36/c1-8-16(2)14-17(3)12-10-9-11-13-18(4)15-19(5,6)7/h16H,3-4,8-15H2,1-2,5-7H3. The lowest BCUT2D eigenvalue weighted by Crippen LogP contribution is -2.05. The molecule has 0 amide bonds. The van der Waals surface area contributed by atoms with Crippen molar-refractivity contribution in [3.63, 3.8) is 0 Å². The lowest BCUT2D eigenvalue weighted by atomic mass is 9.86. The van der Waals surface area contributed by atoms with E-state index in [1.165, 1.54) is 56.1 Å². The monoisotopic (exact) mass is 264 g/mol. The summed E-state index contributed by atoms with van der Waals surface area (Å²) < 4.78 is 0. The molecular formula is C19H36. The van der Waals surface area contributed by atoms with Gasteiger partial charge in [0.25, 0.3) is 0 Å². The van der Waals surface area contributed by atoms with E-state index in [1.54, 1.807) is 0 Å². The molecule has 0 saturated heterocycles. The van der Waals surface area contributed by atoms with Gasteiger partial charge in [-0.25, -0.2) is 0 Å². The number of unbranched alkanes of at least 4 members (excludes halogenated alkanes) is 2. The van der Waals surface area contributed by atoms with E-state index in [9.17, 15) is 0 Å². The first-order chi connectivity index (χ1) is 8.74. The van der Waals surface area contributed by atoms with Gasteiger partial charge in [-0.1, -0.05) is 71.8 Å². The van der Waals surface area contributed by atoms with Crippen LogP contribution in [0.4, 0.5) is 0 Å². The van der Waals surface area contributed by atoms with Gasteiger partial charge in [-0.3, -0.25) is 0 Å². The zero-order valence-electron chi connectivity index (χ0n) is 14.1. The third-order valence-electron chi connectivity index (χ3n) is 3.68.